The number of rotatable bonds is 7. The minimum atomic E-state index is -0.743. The summed E-state index contributed by atoms with van der Waals surface area (Å²) in [5, 5.41) is 9.08. The molecule has 0 saturated carbocycles. The molecule has 0 aliphatic heterocycles. The highest BCUT2D eigenvalue weighted by molar-refractivity contribution is 6.32. The molecular weight excluding hydrogens is 240 g/mol. The summed E-state index contributed by atoms with van der Waals surface area (Å²) in [4.78, 5) is 10.3. The topological polar surface area (TPSA) is 46.5 Å². The zero-order chi connectivity index (χ0) is 12.7. The highest BCUT2D eigenvalue weighted by Crippen LogP contribution is 2.25. The molecule has 0 aromatic heterocycles. The van der Waals surface area contributed by atoms with Gasteiger partial charge in [-0.25, -0.2) is 0 Å². The number of carboxylic acid groups (broad SMARTS) is 1. The lowest BCUT2D eigenvalue weighted by atomic mass is 10.2. The van der Waals surface area contributed by atoms with Crippen molar-refractivity contribution >= 4 is 17.6 Å². The van der Waals surface area contributed by atoms with Gasteiger partial charge in [0.2, 0.25) is 0 Å². The number of unbranched alkanes of at least 4 members (excludes halogenated alkanes) is 2. The Labute approximate surface area is 106 Å². The minimum absolute atomic E-state index is 0.227. The molecule has 17 heavy (non-hydrogen) atoms. The molecule has 3 nitrogen and oxygen atoms in total. The lowest BCUT2D eigenvalue weighted by molar-refractivity contribution is -0.137. The number of carbonyl (C=O) groups is 1. The largest absolute Gasteiger partial charge is 0.492 e. The first kappa shape index (κ1) is 13.8. The first-order valence-corrected chi connectivity index (χ1v) is 6.08. The number of carboxylic acids is 1. The maximum Gasteiger partial charge on any atom is 0.303 e. The number of hydrogen-bond acceptors (Lipinski definition) is 2. The third kappa shape index (κ3) is 5.59. The van der Waals surface area contributed by atoms with Gasteiger partial charge in [-0.15, -0.1) is 0 Å². The van der Waals surface area contributed by atoms with E-state index in [-0.39, 0.29) is 6.42 Å². The Balaban J connectivity index is 2.20. The Kier molecular flexibility index (Phi) is 5.84. The van der Waals surface area contributed by atoms with Gasteiger partial charge in [-0.05, 0) is 43.9 Å². The van der Waals surface area contributed by atoms with Crippen molar-refractivity contribution in [2.75, 3.05) is 6.61 Å². The smallest absolute Gasteiger partial charge is 0.303 e. The van der Waals surface area contributed by atoms with Crippen molar-refractivity contribution in [2.45, 2.75) is 32.6 Å². The van der Waals surface area contributed by atoms with Gasteiger partial charge in [-0.2, -0.15) is 0 Å². The van der Waals surface area contributed by atoms with E-state index in [2.05, 4.69) is 0 Å². The second-order valence-corrected chi connectivity index (χ2v) is 4.39. The van der Waals surface area contributed by atoms with Gasteiger partial charge in [-0.1, -0.05) is 17.7 Å². The van der Waals surface area contributed by atoms with Crippen molar-refractivity contribution in [2.24, 2.45) is 0 Å². The summed E-state index contributed by atoms with van der Waals surface area (Å²) in [6.07, 6.45) is 2.62. The molecule has 0 bridgehead atoms. The van der Waals surface area contributed by atoms with Gasteiger partial charge in [-0.3, -0.25) is 4.79 Å². The number of benzene rings is 1. The van der Waals surface area contributed by atoms with Gasteiger partial charge in [0.25, 0.3) is 0 Å². The molecular formula is C13H17ClO3. The van der Waals surface area contributed by atoms with E-state index < -0.39 is 5.97 Å². The zero-order valence-corrected chi connectivity index (χ0v) is 10.7. The molecule has 0 amide bonds. The van der Waals surface area contributed by atoms with E-state index in [0.717, 1.165) is 18.4 Å². The van der Waals surface area contributed by atoms with Crippen molar-refractivity contribution in [3.8, 4) is 5.75 Å². The molecule has 0 saturated heterocycles. The lowest BCUT2D eigenvalue weighted by Crippen LogP contribution is -1.99. The third-order valence-electron chi connectivity index (χ3n) is 2.38. The number of halogens is 1. The third-order valence-corrected chi connectivity index (χ3v) is 2.68. The Morgan fingerprint density at radius 2 is 2.12 bits per heavy atom. The van der Waals surface area contributed by atoms with E-state index in [1.54, 1.807) is 0 Å². The Morgan fingerprint density at radius 3 is 2.76 bits per heavy atom. The van der Waals surface area contributed by atoms with Crippen LogP contribution in [0.5, 0.6) is 5.75 Å². The van der Waals surface area contributed by atoms with Crippen LogP contribution >= 0.6 is 11.6 Å². The quantitative estimate of drug-likeness (QED) is 0.757. The fourth-order valence-electron chi connectivity index (χ4n) is 1.46. The van der Waals surface area contributed by atoms with Crippen LogP contribution in [0.3, 0.4) is 0 Å². The van der Waals surface area contributed by atoms with E-state index in [4.69, 9.17) is 21.4 Å². The number of aryl methyl sites for hydroxylation is 1. The monoisotopic (exact) mass is 256 g/mol. The van der Waals surface area contributed by atoms with Crippen LogP contribution < -0.4 is 4.74 Å². The molecule has 4 heteroatoms. The second-order valence-electron chi connectivity index (χ2n) is 3.99. The van der Waals surface area contributed by atoms with Gasteiger partial charge in [0.05, 0.1) is 11.6 Å². The van der Waals surface area contributed by atoms with E-state index >= 15 is 0 Å². The van der Waals surface area contributed by atoms with Gasteiger partial charge < -0.3 is 9.84 Å². The Hall–Kier alpha value is -1.22. The van der Waals surface area contributed by atoms with E-state index in [9.17, 15) is 4.79 Å². The van der Waals surface area contributed by atoms with Crippen LogP contribution in [0, 0.1) is 6.92 Å². The number of ether oxygens (including phenoxy) is 1. The maximum absolute atomic E-state index is 10.3. The highest BCUT2D eigenvalue weighted by atomic mass is 35.5. The molecule has 0 fully saturated rings. The SMILES string of the molecule is Cc1ccc(OCCCCCC(=O)O)c(Cl)c1. The van der Waals surface area contributed by atoms with Gasteiger partial charge >= 0.3 is 5.97 Å². The minimum Gasteiger partial charge on any atom is -0.492 e. The van der Waals surface area contributed by atoms with Gasteiger partial charge in [0.1, 0.15) is 5.75 Å². The van der Waals surface area contributed by atoms with Crippen LogP contribution in [0.4, 0.5) is 0 Å². The normalized spacial score (nSPS) is 10.2. The summed E-state index contributed by atoms with van der Waals surface area (Å²) in [6, 6.07) is 5.67. The van der Waals surface area contributed by atoms with Crippen LogP contribution in [-0.4, -0.2) is 17.7 Å². The molecule has 94 valence electrons. The van der Waals surface area contributed by atoms with E-state index in [1.165, 1.54) is 0 Å². The number of aliphatic carboxylic acids is 1. The van der Waals surface area contributed by atoms with Crippen molar-refractivity contribution < 1.29 is 14.6 Å². The molecule has 0 heterocycles. The maximum atomic E-state index is 10.3. The fourth-order valence-corrected chi connectivity index (χ4v) is 1.75. The van der Waals surface area contributed by atoms with Crippen LogP contribution in [0.2, 0.25) is 5.02 Å². The Morgan fingerprint density at radius 1 is 1.35 bits per heavy atom. The van der Waals surface area contributed by atoms with Crippen molar-refractivity contribution in [3.63, 3.8) is 0 Å². The average molecular weight is 257 g/mol. The lowest BCUT2D eigenvalue weighted by Gasteiger charge is -2.08. The van der Waals surface area contributed by atoms with E-state index in [0.29, 0.717) is 23.8 Å². The first-order chi connectivity index (χ1) is 8.09. The molecule has 1 N–H and O–H groups in total. The van der Waals surface area contributed by atoms with Crippen LogP contribution in [0.15, 0.2) is 18.2 Å². The fraction of sp³-hybridized carbons (Fsp3) is 0.462. The zero-order valence-electron chi connectivity index (χ0n) is 9.91. The summed E-state index contributed by atoms with van der Waals surface area (Å²) >= 11 is 6.01. The molecule has 1 rings (SSSR count). The highest BCUT2D eigenvalue weighted by Gasteiger charge is 2.01. The van der Waals surface area contributed by atoms with Crippen molar-refractivity contribution in [1.82, 2.24) is 0 Å². The summed E-state index contributed by atoms with van der Waals surface area (Å²) < 4.78 is 5.52. The summed E-state index contributed by atoms with van der Waals surface area (Å²) in [5.74, 6) is -0.0528. The number of hydrogen-bond donors (Lipinski definition) is 1. The van der Waals surface area contributed by atoms with Crippen molar-refractivity contribution in [3.05, 3.63) is 28.8 Å². The molecule has 0 aliphatic carbocycles. The standard InChI is InChI=1S/C13H17ClO3/c1-10-6-7-12(11(14)9-10)17-8-4-2-3-5-13(15)16/h6-7,9H,2-5,8H2,1H3,(H,15,16). The van der Waals surface area contributed by atoms with Crippen molar-refractivity contribution in [1.29, 1.82) is 0 Å². The van der Waals surface area contributed by atoms with Crippen LogP contribution in [-0.2, 0) is 4.79 Å². The molecule has 0 atom stereocenters. The predicted octanol–water partition coefficient (Wildman–Crippen LogP) is 3.67. The predicted molar refractivity (Wildman–Crippen MR) is 67.8 cm³/mol. The summed E-state index contributed by atoms with van der Waals surface area (Å²) in [6.45, 7) is 2.55. The Bertz CT molecular complexity index is 377. The summed E-state index contributed by atoms with van der Waals surface area (Å²) in [5.41, 5.74) is 1.10. The van der Waals surface area contributed by atoms with Gasteiger partial charge in [0, 0.05) is 6.42 Å². The molecule has 0 aliphatic rings. The second kappa shape index (κ2) is 7.17. The molecule has 1 aromatic rings. The van der Waals surface area contributed by atoms with Crippen LogP contribution in [0.25, 0.3) is 0 Å². The molecule has 0 spiro atoms. The average Bonchev–Trinajstić information content (AvgIpc) is 2.25. The van der Waals surface area contributed by atoms with E-state index in [1.807, 2.05) is 25.1 Å². The first-order valence-electron chi connectivity index (χ1n) is 5.70. The summed E-state index contributed by atoms with van der Waals surface area (Å²) in [7, 11) is 0. The van der Waals surface area contributed by atoms with Crippen LogP contribution in [0.1, 0.15) is 31.2 Å². The van der Waals surface area contributed by atoms with Gasteiger partial charge in [0.15, 0.2) is 0 Å². The molecule has 0 unspecified atom stereocenters. The molecule has 0 radical (unpaired) electrons. The molecule has 1 aromatic carbocycles.